The van der Waals surface area contributed by atoms with Crippen molar-refractivity contribution in [2.24, 2.45) is 0 Å². The summed E-state index contributed by atoms with van der Waals surface area (Å²) in [6.45, 7) is 4.01. The maximum Gasteiger partial charge on any atom is 0.254 e. The van der Waals surface area contributed by atoms with Crippen LogP contribution in [0.25, 0.3) is 20.7 Å². The molecule has 5 aromatic rings. The van der Waals surface area contributed by atoms with E-state index < -0.39 is 0 Å². The van der Waals surface area contributed by atoms with Gasteiger partial charge < -0.3 is 21.7 Å². The maximum absolute atomic E-state index is 12.0. The SMILES string of the molecule is CNC(=O)c1cnc(Nc2nc3ccc(Cl)nc3s2)cc1NC(C)C.Nc1nc2ccc(Cl)nc2s1. The molecule has 5 aromatic heterocycles. The number of aromatic nitrogens is 5. The van der Waals surface area contributed by atoms with Crippen LogP contribution in [0.4, 0.5) is 21.8 Å². The summed E-state index contributed by atoms with van der Waals surface area (Å²) in [6, 6.07) is 8.99. The number of amides is 1. The van der Waals surface area contributed by atoms with E-state index in [1.54, 1.807) is 31.3 Å². The van der Waals surface area contributed by atoms with E-state index in [1.165, 1.54) is 28.9 Å². The summed E-state index contributed by atoms with van der Waals surface area (Å²) in [7, 11) is 1.59. The average molecular weight is 563 g/mol. The molecule has 0 saturated heterocycles. The van der Waals surface area contributed by atoms with E-state index in [0.29, 0.717) is 37.6 Å². The fraction of sp³-hybridized carbons (Fsp3) is 0.182. The molecule has 186 valence electrons. The van der Waals surface area contributed by atoms with E-state index in [9.17, 15) is 4.79 Å². The van der Waals surface area contributed by atoms with Gasteiger partial charge in [0.05, 0.1) is 11.3 Å². The molecule has 0 atom stereocenters. The summed E-state index contributed by atoms with van der Waals surface area (Å²) in [5, 5.41) is 11.1. The zero-order valence-corrected chi connectivity index (χ0v) is 22.5. The van der Waals surface area contributed by atoms with E-state index in [-0.39, 0.29) is 11.9 Å². The fourth-order valence-corrected chi connectivity index (χ4v) is 4.98. The van der Waals surface area contributed by atoms with Gasteiger partial charge in [-0.15, -0.1) is 0 Å². The Morgan fingerprint density at radius 1 is 0.972 bits per heavy atom. The highest BCUT2D eigenvalue weighted by molar-refractivity contribution is 7.22. The molecule has 0 bridgehead atoms. The quantitative estimate of drug-likeness (QED) is 0.202. The van der Waals surface area contributed by atoms with E-state index in [0.717, 1.165) is 20.7 Å². The normalized spacial score (nSPS) is 10.8. The highest BCUT2D eigenvalue weighted by Gasteiger charge is 2.14. The van der Waals surface area contributed by atoms with Crippen molar-refractivity contribution in [2.45, 2.75) is 19.9 Å². The van der Waals surface area contributed by atoms with Crippen molar-refractivity contribution in [1.82, 2.24) is 30.2 Å². The third-order valence-corrected chi connectivity index (χ3v) is 6.61. The Hall–Kier alpha value is -3.32. The molecule has 0 aliphatic rings. The molecule has 0 fully saturated rings. The third kappa shape index (κ3) is 6.26. The minimum absolute atomic E-state index is 0.174. The number of rotatable bonds is 5. The number of nitrogens with two attached hydrogens (primary N) is 1. The molecule has 0 spiro atoms. The second kappa shape index (κ2) is 11.2. The van der Waals surface area contributed by atoms with Gasteiger partial charge in [0.2, 0.25) is 0 Å². The summed E-state index contributed by atoms with van der Waals surface area (Å²) in [6.07, 6.45) is 1.54. The number of thiazole rings is 2. The lowest BCUT2D eigenvalue weighted by Crippen LogP contribution is -2.21. The average Bonchev–Trinajstić information content (AvgIpc) is 3.39. The van der Waals surface area contributed by atoms with Crippen molar-refractivity contribution in [1.29, 1.82) is 0 Å². The Bertz CT molecular complexity index is 1540. The molecule has 36 heavy (non-hydrogen) atoms. The minimum atomic E-state index is -0.193. The predicted molar refractivity (Wildman–Crippen MR) is 149 cm³/mol. The van der Waals surface area contributed by atoms with Gasteiger partial charge in [-0.3, -0.25) is 4.79 Å². The number of pyridine rings is 3. The molecule has 0 aliphatic heterocycles. The first kappa shape index (κ1) is 25.8. The Morgan fingerprint density at radius 2 is 1.61 bits per heavy atom. The van der Waals surface area contributed by atoms with Gasteiger partial charge in [0.1, 0.15) is 36.8 Å². The summed E-state index contributed by atoms with van der Waals surface area (Å²) in [5.41, 5.74) is 8.22. The minimum Gasteiger partial charge on any atom is -0.382 e. The van der Waals surface area contributed by atoms with Gasteiger partial charge in [0.25, 0.3) is 5.91 Å². The van der Waals surface area contributed by atoms with E-state index in [2.05, 4.69) is 40.9 Å². The van der Waals surface area contributed by atoms with Gasteiger partial charge in [-0.25, -0.2) is 24.9 Å². The van der Waals surface area contributed by atoms with Crippen LogP contribution in [0.2, 0.25) is 10.3 Å². The van der Waals surface area contributed by atoms with E-state index in [4.69, 9.17) is 28.9 Å². The molecule has 14 heteroatoms. The number of carbonyl (C=O) groups is 1. The van der Waals surface area contributed by atoms with Crippen molar-refractivity contribution >= 4 is 94.2 Å². The van der Waals surface area contributed by atoms with Crippen LogP contribution in [0, 0.1) is 0 Å². The van der Waals surface area contributed by atoms with Crippen LogP contribution in [0.5, 0.6) is 0 Å². The number of nitrogen functional groups attached to an aromatic ring is 1. The van der Waals surface area contributed by atoms with Crippen LogP contribution in [0.15, 0.2) is 36.5 Å². The van der Waals surface area contributed by atoms with E-state index in [1.807, 2.05) is 19.9 Å². The highest BCUT2D eigenvalue weighted by Crippen LogP contribution is 2.29. The number of anilines is 4. The number of hydrogen-bond donors (Lipinski definition) is 4. The summed E-state index contributed by atoms with van der Waals surface area (Å²) in [5.74, 6) is 0.391. The lowest BCUT2D eigenvalue weighted by molar-refractivity contribution is 0.0963. The molecular weight excluding hydrogens is 541 g/mol. The topological polar surface area (TPSA) is 144 Å². The lowest BCUT2D eigenvalue weighted by atomic mass is 10.2. The van der Waals surface area contributed by atoms with Gasteiger partial charge in [-0.1, -0.05) is 45.9 Å². The molecule has 10 nitrogen and oxygen atoms in total. The van der Waals surface area contributed by atoms with Crippen molar-refractivity contribution < 1.29 is 4.79 Å². The Balaban J connectivity index is 0.000000229. The molecule has 5 heterocycles. The van der Waals surface area contributed by atoms with Crippen LogP contribution in [-0.4, -0.2) is 43.9 Å². The van der Waals surface area contributed by atoms with Crippen molar-refractivity contribution in [3.05, 3.63) is 52.4 Å². The Kier molecular flexibility index (Phi) is 7.99. The maximum atomic E-state index is 12.0. The molecule has 5 N–H and O–H groups in total. The molecule has 0 saturated carbocycles. The molecule has 0 unspecified atom stereocenters. The number of nitrogens with one attached hydrogen (secondary N) is 3. The smallest absolute Gasteiger partial charge is 0.254 e. The molecule has 0 radical (unpaired) electrons. The summed E-state index contributed by atoms with van der Waals surface area (Å²) < 4.78 is 0. The van der Waals surface area contributed by atoms with Crippen LogP contribution in [0.1, 0.15) is 24.2 Å². The molecule has 0 aliphatic carbocycles. The van der Waals surface area contributed by atoms with Gasteiger partial charge in [0, 0.05) is 25.4 Å². The standard InChI is InChI=1S/C16H17ClN6OS.C6H4ClN3S/c1-8(2)20-11-6-13(19-7-9(11)14(24)18-3)23-16-21-10-4-5-12(17)22-15(10)25-16;7-4-2-1-3-5(10-4)11-6(8)9-3/h4-8H,1-3H3,(H,18,24)(H2,19,20,21,23);1-2H,(H2,8,9). The fourth-order valence-electron chi connectivity index (χ4n) is 3.04. The zero-order valence-electron chi connectivity index (χ0n) is 19.3. The van der Waals surface area contributed by atoms with Crippen LogP contribution in [-0.2, 0) is 0 Å². The number of nitrogens with zero attached hydrogens (tertiary/aromatic N) is 5. The first-order valence-electron chi connectivity index (χ1n) is 10.6. The largest absolute Gasteiger partial charge is 0.382 e. The summed E-state index contributed by atoms with van der Waals surface area (Å²) >= 11 is 14.3. The second-order valence-corrected chi connectivity index (χ2v) is 10.4. The molecule has 1 amide bonds. The van der Waals surface area contributed by atoms with Gasteiger partial charge in [-0.2, -0.15) is 0 Å². The van der Waals surface area contributed by atoms with Gasteiger partial charge in [-0.05, 0) is 38.1 Å². The summed E-state index contributed by atoms with van der Waals surface area (Å²) in [4.78, 5) is 34.6. The van der Waals surface area contributed by atoms with Crippen LogP contribution in [0.3, 0.4) is 0 Å². The second-order valence-electron chi connectivity index (χ2n) is 7.61. The monoisotopic (exact) mass is 561 g/mol. The van der Waals surface area contributed by atoms with Crippen molar-refractivity contribution in [3.8, 4) is 0 Å². The van der Waals surface area contributed by atoms with Gasteiger partial charge in [0.15, 0.2) is 10.3 Å². The van der Waals surface area contributed by atoms with Crippen molar-refractivity contribution in [3.63, 3.8) is 0 Å². The lowest BCUT2D eigenvalue weighted by Gasteiger charge is -2.15. The Morgan fingerprint density at radius 3 is 2.25 bits per heavy atom. The first-order valence-corrected chi connectivity index (χ1v) is 13.0. The number of halogens is 2. The first-order chi connectivity index (χ1) is 17.2. The Labute approximate surface area is 224 Å². The number of hydrogen-bond acceptors (Lipinski definition) is 11. The molecule has 5 rings (SSSR count). The molecule has 0 aromatic carbocycles. The van der Waals surface area contributed by atoms with E-state index >= 15 is 0 Å². The number of fused-ring (bicyclic) bond motifs is 2. The highest BCUT2D eigenvalue weighted by atomic mass is 35.5. The number of carbonyl (C=O) groups excluding carboxylic acids is 1. The van der Waals surface area contributed by atoms with Crippen LogP contribution >= 0.6 is 45.9 Å². The molecular formula is C22H21Cl2N9OS2. The third-order valence-electron chi connectivity index (χ3n) is 4.51. The van der Waals surface area contributed by atoms with Crippen LogP contribution < -0.4 is 21.7 Å². The zero-order chi connectivity index (χ0) is 25.8. The predicted octanol–water partition coefficient (Wildman–Crippen LogP) is 5.59. The van der Waals surface area contributed by atoms with Gasteiger partial charge >= 0.3 is 0 Å². The van der Waals surface area contributed by atoms with Crippen molar-refractivity contribution in [2.75, 3.05) is 23.4 Å².